The maximum Gasteiger partial charge on any atom is 0.373 e. The van der Waals surface area contributed by atoms with Crippen LogP contribution in [0.5, 0.6) is 0 Å². The third-order valence-corrected chi connectivity index (χ3v) is 1.62. The van der Waals surface area contributed by atoms with Crippen molar-refractivity contribution < 1.29 is 9.59 Å². The Labute approximate surface area is 85.8 Å². The van der Waals surface area contributed by atoms with Gasteiger partial charge in [-0.25, -0.2) is 0 Å². The normalized spacial score (nSPS) is 18.9. The maximum absolute atomic E-state index is 8.12. The highest BCUT2D eigenvalue weighted by Gasteiger charge is 2.07. The van der Waals surface area contributed by atoms with E-state index in [2.05, 4.69) is 24.1 Å². The molecule has 4 nitrogen and oxygen atoms in total. The minimum absolute atomic E-state index is 0.250. The summed E-state index contributed by atoms with van der Waals surface area (Å²) in [5, 5.41) is 6.73. The van der Waals surface area contributed by atoms with Crippen molar-refractivity contribution in [1.82, 2.24) is 10.6 Å². The number of hydrogen-bond acceptors (Lipinski definition) is 4. The van der Waals surface area contributed by atoms with Crippen LogP contribution in [-0.2, 0) is 9.59 Å². The highest BCUT2D eigenvalue weighted by atomic mass is 16.2. The Morgan fingerprint density at radius 2 is 2.00 bits per heavy atom. The Kier molecular flexibility index (Phi) is 16.1. The highest BCUT2D eigenvalue weighted by Crippen LogP contribution is 1.90. The summed E-state index contributed by atoms with van der Waals surface area (Å²) in [7, 11) is 0. The lowest BCUT2D eigenvalue weighted by Gasteiger charge is -2.22. The predicted molar refractivity (Wildman–Crippen MR) is 55.8 cm³/mol. The van der Waals surface area contributed by atoms with Gasteiger partial charge in [-0.2, -0.15) is 9.59 Å². The molecule has 0 aromatic rings. The molecule has 0 radical (unpaired) electrons. The third-order valence-electron chi connectivity index (χ3n) is 1.62. The fourth-order valence-corrected chi connectivity index (χ4v) is 1.00. The van der Waals surface area contributed by atoms with Crippen LogP contribution >= 0.6 is 0 Å². The van der Waals surface area contributed by atoms with Gasteiger partial charge in [0.25, 0.3) is 0 Å². The number of hydrogen-bond donors (Lipinski definition) is 2. The molecule has 1 aliphatic heterocycles. The molecule has 1 heterocycles. The number of rotatable bonds is 1. The van der Waals surface area contributed by atoms with Gasteiger partial charge >= 0.3 is 6.15 Å². The van der Waals surface area contributed by atoms with Crippen molar-refractivity contribution in [1.29, 1.82) is 0 Å². The monoisotopic (exact) mass is 200 g/mol. The van der Waals surface area contributed by atoms with E-state index in [1.54, 1.807) is 6.08 Å². The van der Waals surface area contributed by atoms with Crippen molar-refractivity contribution in [2.45, 2.75) is 26.3 Å². The molecule has 82 valence electrons. The van der Waals surface area contributed by atoms with Crippen LogP contribution in [0.1, 0.15) is 20.3 Å². The van der Waals surface area contributed by atoms with E-state index >= 15 is 0 Å². The van der Waals surface area contributed by atoms with Gasteiger partial charge in [0.05, 0.1) is 0 Å². The van der Waals surface area contributed by atoms with Crippen LogP contribution in [0.3, 0.4) is 0 Å². The van der Waals surface area contributed by atoms with Gasteiger partial charge in [-0.1, -0.05) is 13.0 Å². The molecule has 0 saturated carbocycles. The second kappa shape index (κ2) is 14.6. The first-order valence-electron chi connectivity index (χ1n) is 4.77. The van der Waals surface area contributed by atoms with Gasteiger partial charge in [-0.15, -0.1) is 6.58 Å². The van der Waals surface area contributed by atoms with E-state index in [1.165, 1.54) is 6.42 Å². The highest BCUT2D eigenvalue weighted by molar-refractivity contribution is 5.20. The Hall–Kier alpha value is -0.960. The lowest BCUT2D eigenvalue weighted by Crippen LogP contribution is -2.47. The van der Waals surface area contributed by atoms with Crippen molar-refractivity contribution in [2.75, 3.05) is 19.6 Å². The summed E-state index contributed by atoms with van der Waals surface area (Å²) in [6.07, 6.45) is 3.24. The van der Waals surface area contributed by atoms with Crippen molar-refractivity contribution in [3.63, 3.8) is 0 Å². The van der Waals surface area contributed by atoms with E-state index in [0.29, 0.717) is 0 Å². The largest absolute Gasteiger partial charge is 0.373 e. The molecule has 4 heteroatoms. The molecule has 0 bridgehead atoms. The first-order valence-corrected chi connectivity index (χ1v) is 4.77. The summed E-state index contributed by atoms with van der Waals surface area (Å²) in [5.74, 6) is 0. The first kappa shape index (κ1) is 15.5. The van der Waals surface area contributed by atoms with E-state index in [1.807, 2.05) is 6.92 Å². The van der Waals surface area contributed by atoms with E-state index in [-0.39, 0.29) is 6.15 Å². The van der Waals surface area contributed by atoms with Gasteiger partial charge in [0, 0.05) is 25.7 Å². The van der Waals surface area contributed by atoms with Gasteiger partial charge in [0.2, 0.25) is 0 Å². The molecule has 14 heavy (non-hydrogen) atoms. The molecule has 1 fully saturated rings. The van der Waals surface area contributed by atoms with Crippen LogP contribution in [-0.4, -0.2) is 31.8 Å². The van der Waals surface area contributed by atoms with Gasteiger partial charge < -0.3 is 10.6 Å². The Bertz CT molecular complexity index is 148. The third kappa shape index (κ3) is 13.6. The van der Waals surface area contributed by atoms with Crippen molar-refractivity contribution in [3.8, 4) is 0 Å². The maximum atomic E-state index is 8.12. The van der Waals surface area contributed by atoms with Crippen LogP contribution in [0.4, 0.5) is 0 Å². The molecule has 0 spiro atoms. The number of nitrogens with one attached hydrogen (secondary N) is 2. The Morgan fingerprint density at radius 1 is 1.50 bits per heavy atom. The summed E-state index contributed by atoms with van der Waals surface area (Å²) in [6, 6.07) is 0.726. The smallest absolute Gasteiger partial charge is 0.314 e. The second-order valence-corrected chi connectivity index (χ2v) is 2.76. The zero-order valence-electron chi connectivity index (χ0n) is 9.01. The SMILES string of the molecule is C=CC.CCC1CNCCN1.O=C=O. The second-order valence-electron chi connectivity index (χ2n) is 2.76. The van der Waals surface area contributed by atoms with Gasteiger partial charge in [-0.05, 0) is 13.3 Å². The van der Waals surface area contributed by atoms with Gasteiger partial charge in [0.15, 0.2) is 0 Å². The van der Waals surface area contributed by atoms with Gasteiger partial charge in [0.1, 0.15) is 0 Å². The van der Waals surface area contributed by atoms with E-state index in [0.717, 1.165) is 25.7 Å². The topological polar surface area (TPSA) is 58.2 Å². The molecule has 0 aromatic heterocycles. The van der Waals surface area contributed by atoms with E-state index < -0.39 is 0 Å². The summed E-state index contributed by atoms with van der Waals surface area (Å²) >= 11 is 0. The van der Waals surface area contributed by atoms with Crippen molar-refractivity contribution >= 4 is 6.15 Å². The molecule has 1 aliphatic rings. The van der Waals surface area contributed by atoms with Crippen LogP contribution in [0.25, 0.3) is 0 Å². The number of carbonyl (C=O) groups excluding carboxylic acids is 2. The molecular weight excluding hydrogens is 180 g/mol. The molecule has 1 saturated heterocycles. The molecule has 0 amide bonds. The fourth-order valence-electron chi connectivity index (χ4n) is 1.00. The molecule has 1 unspecified atom stereocenters. The summed E-state index contributed by atoms with van der Waals surface area (Å²) in [4.78, 5) is 16.2. The molecule has 1 atom stereocenters. The standard InChI is InChI=1S/C6H14N2.C3H6.CO2/c1-2-6-5-7-3-4-8-6;1-3-2;2-1-3/h6-8H,2-5H2,1H3;3H,1H2,2H3;. The fraction of sp³-hybridized carbons (Fsp3) is 0.700. The van der Waals surface area contributed by atoms with Crippen LogP contribution in [0.15, 0.2) is 12.7 Å². The van der Waals surface area contributed by atoms with E-state index in [9.17, 15) is 0 Å². The zero-order chi connectivity index (χ0) is 11.2. The lowest BCUT2D eigenvalue weighted by atomic mass is 10.2. The Morgan fingerprint density at radius 3 is 2.21 bits per heavy atom. The average molecular weight is 200 g/mol. The first-order chi connectivity index (χ1) is 6.76. The van der Waals surface area contributed by atoms with E-state index in [4.69, 9.17) is 9.59 Å². The lowest BCUT2D eigenvalue weighted by molar-refractivity contribution is -0.191. The van der Waals surface area contributed by atoms with Crippen LogP contribution < -0.4 is 10.6 Å². The van der Waals surface area contributed by atoms with Crippen LogP contribution in [0.2, 0.25) is 0 Å². The Balaban J connectivity index is 0. The molecular formula is C10H20N2O2. The zero-order valence-corrected chi connectivity index (χ0v) is 9.01. The number of piperazine rings is 1. The van der Waals surface area contributed by atoms with Crippen LogP contribution in [0, 0.1) is 0 Å². The summed E-state index contributed by atoms with van der Waals surface area (Å²) in [5.41, 5.74) is 0. The molecule has 2 N–H and O–H groups in total. The van der Waals surface area contributed by atoms with Gasteiger partial charge in [-0.3, -0.25) is 0 Å². The average Bonchev–Trinajstić information content (AvgIpc) is 2.21. The molecule has 0 aliphatic carbocycles. The quantitative estimate of drug-likeness (QED) is 0.607. The minimum Gasteiger partial charge on any atom is -0.314 e. The molecule has 1 rings (SSSR count). The van der Waals surface area contributed by atoms with Crippen molar-refractivity contribution in [2.24, 2.45) is 0 Å². The predicted octanol–water partition coefficient (Wildman–Crippen LogP) is 0.567. The minimum atomic E-state index is 0.250. The van der Waals surface area contributed by atoms with Crippen molar-refractivity contribution in [3.05, 3.63) is 12.7 Å². The summed E-state index contributed by atoms with van der Waals surface area (Å²) < 4.78 is 0. The number of allylic oxidation sites excluding steroid dienone is 1. The molecule has 0 aromatic carbocycles. The summed E-state index contributed by atoms with van der Waals surface area (Å²) in [6.45, 7) is 10.9.